The second-order valence-corrected chi connectivity index (χ2v) is 5.97. The monoisotopic (exact) mass is 328 g/mol. The summed E-state index contributed by atoms with van der Waals surface area (Å²) in [6.45, 7) is 1.46. The van der Waals surface area contributed by atoms with Crippen molar-refractivity contribution < 1.29 is 13.9 Å². The Morgan fingerprint density at radius 2 is 2.14 bits per heavy atom. The minimum absolute atomic E-state index is 0. The summed E-state index contributed by atoms with van der Waals surface area (Å²) < 4.78 is 19.1. The van der Waals surface area contributed by atoms with E-state index in [1.807, 2.05) is 6.07 Å². The number of carbonyl (C=O) groups is 1. The number of halogens is 2. The van der Waals surface area contributed by atoms with E-state index in [0.717, 1.165) is 17.5 Å². The summed E-state index contributed by atoms with van der Waals surface area (Å²) in [6.07, 6.45) is 2.72. The molecule has 0 bridgehead atoms. The minimum atomic E-state index is -0.533. The van der Waals surface area contributed by atoms with E-state index in [1.54, 1.807) is 6.07 Å². The summed E-state index contributed by atoms with van der Waals surface area (Å²) in [4.78, 5) is 12.7. The number of carbonyl (C=O) groups excluding carboxylic acids is 1. The molecule has 1 atom stereocenters. The van der Waals surface area contributed by atoms with Gasteiger partial charge in [0.25, 0.3) is 0 Å². The molecule has 2 aliphatic rings. The van der Waals surface area contributed by atoms with Gasteiger partial charge in [-0.05, 0) is 42.9 Å². The third kappa shape index (κ3) is 2.98. The van der Waals surface area contributed by atoms with E-state index in [0.29, 0.717) is 39.0 Å². The normalized spacial score (nSPS) is 22.5. The van der Waals surface area contributed by atoms with Gasteiger partial charge >= 0.3 is 0 Å². The van der Waals surface area contributed by atoms with Gasteiger partial charge in [-0.25, -0.2) is 4.39 Å². The second-order valence-electron chi connectivity index (χ2n) is 5.97. The topological polar surface area (TPSA) is 64.4 Å². The maximum atomic E-state index is 13.7. The molecule has 3 rings (SSSR count). The molecule has 0 aromatic heterocycles. The van der Waals surface area contributed by atoms with E-state index in [1.165, 1.54) is 6.07 Å². The Morgan fingerprint density at radius 3 is 2.82 bits per heavy atom. The maximum Gasteiger partial charge on any atom is 0.228 e. The third-order valence-electron chi connectivity index (χ3n) is 4.84. The van der Waals surface area contributed by atoms with Crippen LogP contribution in [-0.4, -0.2) is 25.7 Å². The van der Waals surface area contributed by atoms with Crippen molar-refractivity contribution in [1.82, 2.24) is 5.32 Å². The van der Waals surface area contributed by atoms with Crippen LogP contribution in [-0.2, 0) is 16.0 Å². The summed E-state index contributed by atoms with van der Waals surface area (Å²) in [5, 5.41) is 3.08. The first kappa shape index (κ1) is 17.2. The number of fused-ring (bicyclic) bond motifs is 1. The van der Waals surface area contributed by atoms with Crippen LogP contribution < -0.4 is 11.1 Å². The number of amides is 1. The largest absolute Gasteiger partial charge is 0.381 e. The van der Waals surface area contributed by atoms with Crippen molar-refractivity contribution in [1.29, 1.82) is 0 Å². The lowest BCUT2D eigenvalue weighted by Crippen LogP contribution is -2.49. The van der Waals surface area contributed by atoms with E-state index in [2.05, 4.69) is 5.32 Å². The third-order valence-corrected chi connectivity index (χ3v) is 4.84. The van der Waals surface area contributed by atoms with Crippen LogP contribution in [0.1, 0.15) is 36.4 Å². The van der Waals surface area contributed by atoms with Gasteiger partial charge in [0.2, 0.25) is 5.91 Å². The summed E-state index contributed by atoms with van der Waals surface area (Å²) in [7, 11) is 0. The Balaban J connectivity index is 0.00000176. The maximum absolute atomic E-state index is 13.7. The molecule has 3 N–H and O–H groups in total. The van der Waals surface area contributed by atoms with E-state index in [-0.39, 0.29) is 30.2 Å². The van der Waals surface area contributed by atoms with E-state index < -0.39 is 5.41 Å². The molecule has 0 radical (unpaired) electrons. The molecule has 22 heavy (non-hydrogen) atoms. The Bertz CT molecular complexity index is 547. The zero-order valence-corrected chi connectivity index (χ0v) is 13.3. The number of ether oxygens (including phenoxy) is 1. The standard InChI is InChI=1S/C16H21FN2O2.ClH/c17-13-3-1-2-12-11(13)4-5-14(12)19-15(20)16(10-18)6-8-21-9-7-16;/h1-3,14H,4-10,18H2,(H,19,20);1H. The highest BCUT2D eigenvalue weighted by atomic mass is 35.5. The quantitative estimate of drug-likeness (QED) is 0.893. The molecule has 1 heterocycles. The van der Waals surface area contributed by atoms with Gasteiger partial charge in [0, 0.05) is 19.8 Å². The molecular weight excluding hydrogens is 307 g/mol. The number of rotatable bonds is 3. The molecule has 6 heteroatoms. The number of hydrogen-bond acceptors (Lipinski definition) is 3. The summed E-state index contributed by atoms with van der Waals surface area (Å²) >= 11 is 0. The van der Waals surface area contributed by atoms with Gasteiger partial charge in [-0.2, -0.15) is 0 Å². The number of nitrogens with one attached hydrogen (secondary N) is 1. The average Bonchev–Trinajstić information content (AvgIpc) is 2.92. The molecule has 0 spiro atoms. The van der Waals surface area contributed by atoms with Crippen molar-refractivity contribution in [3.8, 4) is 0 Å². The predicted molar refractivity (Wildman–Crippen MR) is 84.4 cm³/mol. The molecule has 122 valence electrons. The Hall–Kier alpha value is -1.17. The molecule has 0 saturated carbocycles. The first-order valence-electron chi connectivity index (χ1n) is 7.52. The second kappa shape index (κ2) is 6.94. The highest BCUT2D eigenvalue weighted by Crippen LogP contribution is 2.35. The fourth-order valence-electron chi connectivity index (χ4n) is 3.36. The van der Waals surface area contributed by atoms with Crippen molar-refractivity contribution in [2.24, 2.45) is 11.1 Å². The van der Waals surface area contributed by atoms with Gasteiger partial charge in [-0.3, -0.25) is 4.79 Å². The number of nitrogens with two attached hydrogens (primary N) is 1. The molecule has 1 aromatic rings. The zero-order chi connectivity index (χ0) is 14.9. The fraction of sp³-hybridized carbons (Fsp3) is 0.562. The van der Waals surface area contributed by atoms with Crippen LogP contribution in [0.2, 0.25) is 0 Å². The Morgan fingerprint density at radius 1 is 1.41 bits per heavy atom. The lowest BCUT2D eigenvalue weighted by Gasteiger charge is -2.35. The van der Waals surface area contributed by atoms with E-state index in [9.17, 15) is 9.18 Å². The van der Waals surface area contributed by atoms with Crippen LogP contribution >= 0.6 is 12.4 Å². The lowest BCUT2D eigenvalue weighted by atomic mass is 9.79. The highest BCUT2D eigenvalue weighted by molar-refractivity contribution is 5.85. The molecular formula is C16H22ClFN2O2. The number of benzene rings is 1. The van der Waals surface area contributed by atoms with Crippen molar-refractivity contribution in [3.63, 3.8) is 0 Å². The minimum Gasteiger partial charge on any atom is -0.381 e. The van der Waals surface area contributed by atoms with Gasteiger partial charge in [0.05, 0.1) is 11.5 Å². The Labute approximate surface area is 136 Å². The molecule has 1 unspecified atom stereocenters. The van der Waals surface area contributed by atoms with Gasteiger partial charge in [0.15, 0.2) is 0 Å². The summed E-state index contributed by atoms with van der Waals surface area (Å²) in [5.74, 6) is -0.195. The van der Waals surface area contributed by atoms with Gasteiger partial charge < -0.3 is 15.8 Å². The van der Waals surface area contributed by atoms with Crippen molar-refractivity contribution in [2.75, 3.05) is 19.8 Å². The van der Waals surface area contributed by atoms with Crippen LogP contribution in [0.15, 0.2) is 18.2 Å². The Kier molecular flexibility index (Phi) is 5.42. The van der Waals surface area contributed by atoms with Gasteiger partial charge in [-0.15, -0.1) is 12.4 Å². The predicted octanol–water partition coefficient (Wildman–Crippen LogP) is 2.11. The average molecular weight is 329 g/mol. The summed E-state index contributed by atoms with van der Waals surface area (Å²) in [6, 6.07) is 4.97. The van der Waals surface area contributed by atoms with Crippen LogP contribution in [0.5, 0.6) is 0 Å². The highest BCUT2D eigenvalue weighted by Gasteiger charge is 2.40. The van der Waals surface area contributed by atoms with Crippen LogP contribution in [0.4, 0.5) is 4.39 Å². The first-order valence-corrected chi connectivity index (χ1v) is 7.52. The fourth-order valence-corrected chi connectivity index (χ4v) is 3.36. The molecule has 4 nitrogen and oxygen atoms in total. The van der Waals surface area contributed by atoms with Crippen LogP contribution in [0.25, 0.3) is 0 Å². The molecule has 1 amide bonds. The van der Waals surface area contributed by atoms with Crippen molar-refractivity contribution in [3.05, 3.63) is 35.1 Å². The number of hydrogen-bond donors (Lipinski definition) is 2. The van der Waals surface area contributed by atoms with Gasteiger partial charge in [-0.1, -0.05) is 12.1 Å². The molecule has 1 aromatic carbocycles. The molecule has 1 fully saturated rings. The first-order chi connectivity index (χ1) is 10.2. The molecule has 1 saturated heterocycles. The van der Waals surface area contributed by atoms with Crippen LogP contribution in [0, 0.1) is 11.2 Å². The lowest BCUT2D eigenvalue weighted by molar-refractivity contribution is -0.136. The SMILES string of the molecule is Cl.NCC1(C(=O)NC2CCc3c(F)cccc32)CCOCC1. The van der Waals surface area contributed by atoms with E-state index in [4.69, 9.17) is 10.5 Å². The van der Waals surface area contributed by atoms with E-state index >= 15 is 0 Å². The molecule has 1 aliphatic carbocycles. The van der Waals surface area contributed by atoms with Crippen LogP contribution in [0.3, 0.4) is 0 Å². The summed E-state index contributed by atoms with van der Waals surface area (Å²) in [5.41, 5.74) is 6.96. The van der Waals surface area contributed by atoms with Gasteiger partial charge in [0.1, 0.15) is 5.82 Å². The zero-order valence-electron chi connectivity index (χ0n) is 12.4. The smallest absolute Gasteiger partial charge is 0.228 e. The van der Waals surface area contributed by atoms with Crippen molar-refractivity contribution in [2.45, 2.75) is 31.7 Å². The van der Waals surface area contributed by atoms with Crippen molar-refractivity contribution >= 4 is 18.3 Å². The molecule has 1 aliphatic heterocycles.